The van der Waals surface area contributed by atoms with Gasteiger partial charge in [-0.2, -0.15) is 0 Å². The first-order chi connectivity index (χ1) is 12.4. The zero-order chi connectivity index (χ0) is 19.1. The molecule has 2 aromatic carbocycles. The van der Waals surface area contributed by atoms with Crippen molar-refractivity contribution in [2.75, 3.05) is 32.5 Å². The molecule has 2 N–H and O–H groups in total. The molecule has 5 nitrogen and oxygen atoms in total. The number of nitrogens with zero attached hydrogens (tertiary/aromatic N) is 1. The summed E-state index contributed by atoms with van der Waals surface area (Å²) in [6.45, 7) is 2.42. The molecule has 6 heteroatoms. The number of carbonyl (C=O) groups excluding carboxylic acids is 2. The largest absolute Gasteiger partial charge is 0.334 e. The zero-order valence-electron chi connectivity index (χ0n) is 15.3. The molecule has 0 radical (unpaired) electrons. The Balaban J connectivity index is 1.86. The van der Waals surface area contributed by atoms with Gasteiger partial charge in [-0.3, -0.25) is 9.59 Å². The minimum Gasteiger partial charge on any atom is -0.334 e. The maximum absolute atomic E-state index is 12.5. The van der Waals surface area contributed by atoms with E-state index in [1.54, 1.807) is 30.1 Å². The normalized spacial score (nSPS) is 12.9. The summed E-state index contributed by atoms with van der Waals surface area (Å²) in [7, 11) is 3.61. The van der Waals surface area contributed by atoms with Crippen LogP contribution in [0.4, 0.5) is 5.69 Å². The van der Waals surface area contributed by atoms with Crippen molar-refractivity contribution in [1.29, 1.82) is 0 Å². The molecular formula is C20H25ClN3O2+. The highest BCUT2D eigenvalue weighted by atomic mass is 35.5. The second kappa shape index (κ2) is 9.36. The van der Waals surface area contributed by atoms with Gasteiger partial charge in [-0.05, 0) is 24.6 Å². The van der Waals surface area contributed by atoms with Crippen LogP contribution in [0.2, 0.25) is 5.02 Å². The van der Waals surface area contributed by atoms with Crippen molar-refractivity contribution in [1.82, 2.24) is 4.90 Å². The molecule has 0 aliphatic carbocycles. The van der Waals surface area contributed by atoms with E-state index in [1.807, 2.05) is 50.4 Å². The molecule has 0 aliphatic heterocycles. The Morgan fingerprint density at radius 3 is 2.35 bits per heavy atom. The number of quaternary nitrogens is 1. The third kappa shape index (κ3) is 5.58. The van der Waals surface area contributed by atoms with Gasteiger partial charge in [0.15, 0.2) is 13.1 Å². The van der Waals surface area contributed by atoms with Crippen molar-refractivity contribution in [3.8, 4) is 0 Å². The number of anilines is 1. The van der Waals surface area contributed by atoms with Crippen LogP contribution in [0.1, 0.15) is 18.5 Å². The molecule has 0 fully saturated rings. The number of amides is 2. The Bertz CT molecular complexity index is 752. The van der Waals surface area contributed by atoms with E-state index < -0.39 is 0 Å². The molecule has 0 spiro atoms. The zero-order valence-corrected chi connectivity index (χ0v) is 16.1. The van der Waals surface area contributed by atoms with Crippen molar-refractivity contribution >= 4 is 29.1 Å². The SMILES string of the molecule is C[C@H](c1ccccc1)N(C)C(=O)C[NH+](C)CC(=O)Nc1ccccc1Cl. The fraction of sp³-hybridized carbons (Fsp3) is 0.300. The number of para-hydroxylation sites is 1. The van der Waals surface area contributed by atoms with E-state index in [1.165, 1.54) is 0 Å². The molecule has 0 bridgehead atoms. The average Bonchev–Trinajstić information content (AvgIpc) is 2.62. The van der Waals surface area contributed by atoms with Crippen LogP contribution >= 0.6 is 11.6 Å². The Hall–Kier alpha value is -2.37. The third-order valence-corrected chi connectivity index (χ3v) is 4.65. The topological polar surface area (TPSA) is 53.9 Å². The summed E-state index contributed by atoms with van der Waals surface area (Å²) in [5.74, 6) is -0.188. The maximum Gasteiger partial charge on any atom is 0.279 e. The number of carbonyl (C=O) groups is 2. The first kappa shape index (κ1) is 19.9. The highest BCUT2D eigenvalue weighted by molar-refractivity contribution is 6.33. The number of rotatable bonds is 7. The number of halogens is 1. The van der Waals surface area contributed by atoms with Crippen LogP contribution in [0.25, 0.3) is 0 Å². The lowest BCUT2D eigenvalue weighted by atomic mass is 10.1. The highest BCUT2D eigenvalue weighted by Crippen LogP contribution is 2.20. The maximum atomic E-state index is 12.5. The molecule has 2 aromatic rings. The molecular weight excluding hydrogens is 350 g/mol. The third-order valence-electron chi connectivity index (χ3n) is 4.32. The molecule has 2 rings (SSSR count). The summed E-state index contributed by atoms with van der Waals surface area (Å²) < 4.78 is 0. The second-order valence-corrected chi connectivity index (χ2v) is 6.84. The van der Waals surface area contributed by atoms with E-state index in [-0.39, 0.29) is 30.9 Å². The smallest absolute Gasteiger partial charge is 0.279 e. The number of hydrogen-bond donors (Lipinski definition) is 2. The Morgan fingerprint density at radius 1 is 1.08 bits per heavy atom. The molecule has 0 aromatic heterocycles. The van der Waals surface area contributed by atoms with Gasteiger partial charge in [-0.15, -0.1) is 0 Å². The first-order valence-electron chi connectivity index (χ1n) is 8.54. The minimum atomic E-state index is -0.179. The molecule has 0 heterocycles. The lowest BCUT2D eigenvalue weighted by molar-refractivity contribution is -0.862. The standard InChI is InChI=1S/C20H24ClN3O2/c1-15(16-9-5-4-6-10-16)24(3)20(26)14-23(2)13-19(25)22-18-12-8-7-11-17(18)21/h4-12,15H,13-14H2,1-3H3,(H,22,25)/p+1/t15-/m1/s1. The minimum absolute atomic E-state index is 0.00982. The Labute approximate surface area is 159 Å². The fourth-order valence-corrected chi connectivity index (χ4v) is 2.83. The van der Waals surface area contributed by atoms with Gasteiger partial charge in [0.25, 0.3) is 11.8 Å². The van der Waals surface area contributed by atoms with Crippen LogP contribution in [0.15, 0.2) is 54.6 Å². The summed E-state index contributed by atoms with van der Waals surface area (Å²) in [6.07, 6.45) is 0. The van der Waals surface area contributed by atoms with E-state index in [2.05, 4.69) is 5.32 Å². The van der Waals surface area contributed by atoms with Crippen molar-refractivity contribution in [2.45, 2.75) is 13.0 Å². The summed E-state index contributed by atoms with van der Waals surface area (Å²) in [4.78, 5) is 27.2. The van der Waals surface area contributed by atoms with E-state index in [9.17, 15) is 9.59 Å². The number of likely N-dealkylation sites (N-methyl/N-ethyl adjacent to an activating group) is 2. The van der Waals surface area contributed by atoms with Crippen molar-refractivity contribution in [2.24, 2.45) is 0 Å². The molecule has 0 aliphatic rings. The van der Waals surface area contributed by atoms with Crippen molar-refractivity contribution in [3.63, 3.8) is 0 Å². The summed E-state index contributed by atoms with van der Waals surface area (Å²) in [5.41, 5.74) is 1.66. The van der Waals surface area contributed by atoms with Gasteiger partial charge in [0.1, 0.15) is 0 Å². The molecule has 138 valence electrons. The quantitative estimate of drug-likeness (QED) is 0.779. The summed E-state index contributed by atoms with van der Waals surface area (Å²) in [5, 5.41) is 3.27. The fourth-order valence-electron chi connectivity index (χ4n) is 2.65. The van der Waals surface area contributed by atoms with Gasteiger partial charge >= 0.3 is 0 Å². The highest BCUT2D eigenvalue weighted by Gasteiger charge is 2.21. The van der Waals surface area contributed by atoms with E-state index in [0.717, 1.165) is 10.5 Å². The van der Waals surface area contributed by atoms with Crippen LogP contribution in [-0.4, -0.2) is 43.9 Å². The lowest BCUT2D eigenvalue weighted by Gasteiger charge is -2.26. The Kier molecular flexibility index (Phi) is 7.18. The van der Waals surface area contributed by atoms with E-state index >= 15 is 0 Å². The molecule has 26 heavy (non-hydrogen) atoms. The predicted octanol–water partition coefficient (Wildman–Crippen LogP) is 2.01. The number of hydrogen-bond acceptors (Lipinski definition) is 2. The van der Waals surface area contributed by atoms with Crippen LogP contribution in [-0.2, 0) is 9.59 Å². The van der Waals surface area contributed by atoms with Gasteiger partial charge in [0.2, 0.25) is 0 Å². The van der Waals surface area contributed by atoms with E-state index in [0.29, 0.717) is 10.7 Å². The van der Waals surface area contributed by atoms with Gasteiger partial charge in [-0.25, -0.2) is 0 Å². The van der Waals surface area contributed by atoms with Crippen LogP contribution in [0.5, 0.6) is 0 Å². The average molecular weight is 375 g/mol. The van der Waals surface area contributed by atoms with Gasteiger partial charge in [0, 0.05) is 7.05 Å². The van der Waals surface area contributed by atoms with Crippen LogP contribution < -0.4 is 10.2 Å². The second-order valence-electron chi connectivity index (χ2n) is 6.43. The molecule has 1 unspecified atom stereocenters. The van der Waals surface area contributed by atoms with Crippen LogP contribution in [0, 0.1) is 0 Å². The lowest BCUT2D eigenvalue weighted by Crippen LogP contribution is -3.11. The van der Waals surface area contributed by atoms with Gasteiger partial charge in [0.05, 0.1) is 23.8 Å². The number of benzene rings is 2. The number of nitrogens with one attached hydrogen (secondary N) is 2. The van der Waals surface area contributed by atoms with Crippen molar-refractivity contribution < 1.29 is 14.5 Å². The molecule has 2 atom stereocenters. The van der Waals surface area contributed by atoms with E-state index in [4.69, 9.17) is 11.6 Å². The summed E-state index contributed by atoms with van der Waals surface area (Å²) in [6, 6.07) is 16.9. The van der Waals surface area contributed by atoms with Gasteiger partial charge < -0.3 is 15.1 Å². The predicted molar refractivity (Wildman–Crippen MR) is 104 cm³/mol. The Morgan fingerprint density at radius 2 is 1.69 bits per heavy atom. The van der Waals surface area contributed by atoms with Gasteiger partial charge in [-0.1, -0.05) is 54.1 Å². The van der Waals surface area contributed by atoms with Crippen molar-refractivity contribution in [3.05, 3.63) is 65.2 Å². The molecule has 2 amide bonds. The first-order valence-corrected chi connectivity index (χ1v) is 8.92. The molecule has 0 saturated carbocycles. The molecule has 0 saturated heterocycles. The van der Waals surface area contributed by atoms with Crippen LogP contribution in [0.3, 0.4) is 0 Å². The summed E-state index contributed by atoms with van der Waals surface area (Å²) >= 11 is 6.04. The monoisotopic (exact) mass is 374 g/mol.